The van der Waals surface area contributed by atoms with E-state index in [2.05, 4.69) is 27.4 Å². The predicted octanol–water partition coefficient (Wildman–Crippen LogP) is 3.32. The predicted molar refractivity (Wildman–Crippen MR) is 118 cm³/mol. The first-order valence-electron chi connectivity index (χ1n) is 9.02. The fourth-order valence-corrected chi connectivity index (χ4v) is 4.03. The van der Waals surface area contributed by atoms with Crippen LogP contribution in [0.4, 0.5) is 4.79 Å². The van der Waals surface area contributed by atoms with Gasteiger partial charge >= 0.3 is 6.03 Å². The molecular formula is C20H21N5O3S2. The van der Waals surface area contributed by atoms with Crippen LogP contribution in [0.15, 0.2) is 59.6 Å². The summed E-state index contributed by atoms with van der Waals surface area (Å²) < 4.78 is 7.26. The van der Waals surface area contributed by atoms with Gasteiger partial charge < -0.3 is 10.1 Å². The number of rotatable bonds is 9. The van der Waals surface area contributed by atoms with E-state index in [1.54, 1.807) is 13.2 Å². The fourth-order valence-electron chi connectivity index (χ4n) is 2.64. The highest BCUT2D eigenvalue weighted by Crippen LogP contribution is 2.30. The van der Waals surface area contributed by atoms with Crippen molar-refractivity contribution < 1.29 is 14.3 Å². The van der Waals surface area contributed by atoms with Crippen molar-refractivity contribution >= 4 is 35.0 Å². The molecule has 10 heteroatoms. The number of amides is 3. The largest absolute Gasteiger partial charge is 0.496 e. The molecule has 3 aromatic rings. The third-order valence-electron chi connectivity index (χ3n) is 3.96. The Kier molecular flexibility index (Phi) is 7.63. The lowest BCUT2D eigenvalue weighted by molar-refractivity contribution is -0.117. The summed E-state index contributed by atoms with van der Waals surface area (Å²) in [4.78, 5) is 25.0. The van der Waals surface area contributed by atoms with E-state index < -0.39 is 11.9 Å². The van der Waals surface area contributed by atoms with Gasteiger partial charge in [-0.3, -0.25) is 14.7 Å². The van der Waals surface area contributed by atoms with Gasteiger partial charge in [-0.25, -0.2) is 4.79 Å². The van der Waals surface area contributed by atoms with Gasteiger partial charge in [0.05, 0.1) is 25.0 Å². The van der Waals surface area contributed by atoms with Crippen LogP contribution in [0.3, 0.4) is 0 Å². The van der Waals surface area contributed by atoms with Crippen LogP contribution in [0.1, 0.15) is 4.88 Å². The second-order valence-electron chi connectivity index (χ2n) is 6.00. The number of methoxy groups -OCH3 is 1. The molecule has 2 aromatic heterocycles. The molecule has 3 rings (SSSR count). The quantitative estimate of drug-likeness (QED) is 0.389. The number of ether oxygens (including phenoxy) is 1. The molecule has 0 atom stereocenters. The van der Waals surface area contributed by atoms with Crippen LogP contribution in [0.2, 0.25) is 0 Å². The minimum Gasteiger partial charge on any atom is -0.496 e. The number of aromatic nitrogens is 3. The molecule has 0 radical (unpaired) electrons. The van der Waals surface area contributed by atoms with E-state index in [0.717, 1.165) is 10.4 Å². The summed E-state index contributed by atoms with van der Waals surface area (Å²) in [7, 11) is 1.59. The number of para-hydroxylation sites is 1. The summed E-state index contributed by atoms with van der Waals surface area (Å²) in [6.45, 7) is 4.62. The molecule has 0 fully saturated rings. The second-order valence-corrected chi connectivity index (χ2v) is 7.98. The zero-order valence-corrected chi connectivity index (χ0v) is 18.0. The number of nitrogens with zero attached hydrogens (tertiary/aromatic N) is 3. The Bertz CT molecular complexity index is 1020. The first-order valence-corrected chi connectivity index (χ1v) is 10.9. The summed E-state index contributed by atoms with van der Waals surface area (Å²) in [5, 5.41) is 15.9. The van der Waals surface area contributed by atoms with Gasteiger partial charge in [-0.15, -0.1) is 28.1 Å². The minimum absolute atomic E-state index is 0.0215. The average molecular weight is 444 g/mol. The molecule has 3 amide bonds. The maximum Gasteiger partial charge on any atom is 0.321 e. The van der Waals surface area contributed by atoms with Gasteiger partial charge in [0.1, 0.15) is 5.75 Å². The Morgan fingerprint density at radius 2 is 2.10 bits per heavy atom. The van der Waals surface area contributed by atoms with Crippen LogP contribution < -0.4 is 15.4 Å². The highest BCUT2D eigenvalue weighted by molar-refractivity contribution is 7.99. The molecule has 0 unspecified atom stereocenters. The summed E-state index contributed by atoms with van der Waals surface area (Å²) >= 11 is 2.73. The van der Waals surface area contributed by atoms with Crippen LogP contribution in [-0.2, 0) is 17.9 Å². The standard InChI is InChI=1S/C20H21N5O3S2/c1-3-10-25-18(15-8-4-5-9-16(15)28-2)23-24-20(25)30-13-17(26)22-19(27)21-12-14-7-6-11-29-14/h3-9,11H,1,10,12-13H2,2H3,(H2,21,22,26,27). The Labute approximate surface area is 182 Å². The SMILES string of the molecule is C=CCn1c(SCC(=O)NC(=O)NCc2cccs2)nnc1-c1ccccc1OC. The zero-order valence-electron chi connectivity index (χ0n) is 16.3. The number of thiophene rings is 1. The van der Waals surface area contributed by atoms with Gasteiger partial charge in [0.2, 0.25) is 5.91 Å². The Morgan fingerprint density at radius 1 is 1.27 bits per heavy atom. The van der Waals surface area contributed by atoms with E-state index in [9.17, 15) is 9.59 Å². The summed E-state index contributed by atoms with van der Waals surface area (Å²) in [6.07, 6.45) is 1.73. The number of nitrogens with one attached hydrogen (secondary N) is 2. The number of benzene rings is 1. The van der Waals surface area contributed by atoms with E-state index in [-0.39, 0.29) is 5.75 Å². The topological polar surface area (TPSA) is 98.1 Å². The van der Waals surface area contributed by atoms with Gasteiger partial charge in [-0.2, -0.15) is 0 Å². The van der Waals surface area contributed by atoms with E-state index in [0.29, 0.717) is 29.8 Å². The zero-order chi connectivity index (χ0) is 21.3. The average Bonchev–Trinajstić information content (AvgIpc) is 3.41. The second kappa shape index (κ2) is 10.6. The van der Waals surface area contributed by atoms with Gasteiger partial charge in [0.15, 0.2) is 11.0 Å². The van der Waals surface area contributed by atoms with Crippen LogP contribution in [0, 0.1) is 0 Å². The summed E-state index contributed by atoms with van der Waals surface area (Å²) in [6, 6.07) is 10.8. The number of thioether (sulfide) groups is 1. The lowest BCUT2D eigenvalue weighted by Crippen LogP contribution is -2.39. The Balaban J connectivity index is 1.62. The third kappa shape index (κ3) is 5.49. The molecule has 0 bridgehead atoms. The maximum absolute atomic E-state index is 12.1. The smallest absolute Gasteiger partial charge is 0.321 e. The fraction of sp³-hybridized carbons (Fsp3) is 0.200. The molecule has 0 aliphatic rings. The van der Waals surface area contributed by atoms with E-state index in [1.165, 1.54) is 23.1 Å². The number of imide groups is 1. The van der Waals surface area contributed by atoms with Crippen LogP contribution in [-0.4, -0.2) is 39.6 Å². The molecule has 2 N–H and O–H groups in total. The number of allylic oxidation sites excluding steroid dienone is 1. The van der Waals surface area contributed by atoms with E-state index >= 15 is 0 Å². The molecule has 0 aliphatic heterocycles. The minimum atomic E-state index is -0.531. The van der Waals surface area contributed by atoms with Crippen molar-refractivity contribution in [2.75, 3.05) is 12.9 Å². The summed E-state index contributed by atoms with van der Waals surface area (Å²) in [5.41, 5.74) is 0.790. The molecule has 156 valence electrons. The van der Waals surface area contributed by atoms with Gasteiger partial charge in [-0.1, -0.05) is 36.0 Å². The molecule has 8 nitrogen and oxygen atoms in total. The van der Waals surface area contributed by atoms with Crippen molar-refractivity contribution in [3.63, 3.8) is 0 Å². The number of hydrogen-bond donors (Lipinski definition) is 2. The monoisotopic (exact) mass is 443 g/mol. The van der Waals surface area contributed by atoms with Crippen molar-refractivity contribution in [1.29, 1.82) is 0 Å². The van der Waals surface area contributed by atoms with Crippen LogP contribution in [0.5, 0.6) is 5.75 Å². The highest BCUT2D eigenvalue weighted by atomic mass is 32.2. The number of urea groups is 1. The molecule has 1 aromatic carbocycles. The molecule has 0 spiro atoms. The van der Waals surface area contributed by atoms with Crippen molar-refractivity contribution in [1.82, 2.24) is 25.4 Å². The molecular weight excluding hydrogens is 422 g/mol. The maximum atomic E-state index is 12.1. The lowest BCUT2D eigenvalue weighted by atomic mass is 10.2. The Morgan fingerprint density at radius 3 is 2.83 bits per heavy atom. The lowest BCUT2D eigenvalue weighted by Gasteiger charge is -2.10. The summed E-state index contributed by atoms with van der Waals surface area (Å²) in [5.74, 6) is 0.889. The molecule has 30 heavy (non-hydrogen) atoms. The van der Waals surface area contributed by atoms with Gasteiger partial charge in [-0.05, 0) is 23.6 Å². The number of hydrogen-bond acceptors (Lipinski definition) is 7. The van der Waals surface area contributed by atoms with Crippen LogP contribution >= 0.6 is 23.1 Å². The van der Waals surface area contributed by atoms with Crippen molar-refractivity contribution in [3.8, 4) is 17.1 Å². The highest BCUT2D eigenvalue weighted by Gasteiger charge is 2.18. The molecule has 0 aliphatic carbocycles. The van der Waals surface area contributed by atoms with Crippen molar-refractivity contribution in [2.24, 2.45) is 0 Å². The van der Waals surface area contributed by atoms with Gasteiger partial charge in [0.25, 0.3) is 0 Å². The number of carbonyl (C=O) groups is 2. The van der Waals surface area contributed by atoms with Crippen LogP contribution in [0.25, 0.3) is 11.4 Å². The van der Waals surface area contributed by atoms with Gasteiger partial charge in [0, 0.05) is 11.4 Å². The third-order valence-corrected chi connectivity index (χ3v) is 5.81. The van der Waals surface area contributed by atoms with Crippen molar-refractivity contribution in [3.05, 3.63) is 59.3 Å². The first kappa shape index (κ1) is 21.6. The van der Waals surface area contributed by atoms with Crippen molar-refractivity contribution in [2.45, 2.75) is 18.2 Å². The van der Waals surface area contributed by atoms with E-state index in [1.807, 2.05) is 46.3 Å². The molecule has 2 heterocycles. The Hall–Kier alpha value is -3.11. The molecule has 0 saturated heterocycles. The van der Waals surface area contributed by atoms with E-state index in [4.69, 9.17) is 4.74 Å². The number of carbonyl (C=O) groups excluding carboxylic acids is 2. The first-order chi connectivity index (χ1) is 14.6. The normalized spacial score (nSPS) is 10.4. The molecule has 0 saturated carbocycles.